The molecule has 0 radical (unpaired) electrons. The fourth-order valence-corrected chi connectivity index (χ4v) is 4.17. The molecular formula is C17H25NOS2. The van der Waals surface area contributed by atoms with Gasteiger partial charge in [0.1, 0.15) is 0 Å². The normalized spacial score (nSPS) is 16.7. The van der Waals surface area contributed by atoms with E-state index in [1.165, 1.54) is 35.9 Å². The standard InChI is InChI=1S/C17H25NOS2/c1-17(2,3)21-15-11-9-14(10-12-15)20-16(19)18-13-7-5-4-6-8-13/h9-13H,4-8H2,1-3H3,(H,18,19). The molecule has 4 heteroatoms. The van der Waals surface area contributed by atoms with Crippen LogP contribution in [0.15, 0.2) is 34.1 Å². The second-order valence-electron chi connectivity index (χ2n) is 6.55. The number of benzene rings is 1. The minimum Gasteiger partial charge on any atom is -0.344 e. The number of amides is 1. The Labute approximate surface area is 136 Å². The minimum atomic E-state index is 0.0816. The highest BCUT2D eigenvalue weighted by atomic mass is 32.2. The van der Waals surface area contributed by atoms with E-state index in [0.29, 0.717) is 6.04 Å². The van der Waals surface area contributed by atoms with Crippen LogP contribution in [0.25, 0.3) is 0 Å². The van der Waals surface area contributed by atoms with Crippen molar-refractivity contribution in [2.24, 2.45) is 0 Å². The summed E-state index contributed by atoms with van der Waals surface area (Å²) < 4.78 is 0.215. The van der Waals surface area contributed by atoms with E-state index in [4.69, 9.17) is 0 Å². The second-order valence-corrected chi connectivity index (χ2v) is 9.50. The molecule has 2 nitrogen and oxygen atoms in total. The van der Waals surface area contributed by atoms with E-state index in [0.717, 1.165) is 17.7 Å². The number of carbonyl (C=O) groups is 1. The van der Waals surface area contributed by atoms with E-state index < -0.39 is 0 Å². The van der Waals surface area contributed by atoms with Crippen molar-refractivity contribution >= 4 is 28.8 Å². The highest BCUT2D eigenvalue weighted by Crippen LogP contribution is 2.33. The summed E-state index contributed by atoms with van der Waals surface area (Å²) in [5.74, 6) is 0. The van der Waals surface area contributed by atoms with E-state index in [1.54, 1.807) is 0 Å². The topological polar surface area (TPSA) is 29.1 Å². The largest absolute Gasteiger partial charge is 0.344 e. The molecule has 0 heterocycles. The zero-order valence-corrected chi connectivity index (χ0v) is 14.8. The third-order valence-electron chi connectivity index (χ3n) is 3.39. The van der Waals surface area contributed by atoms with Crippen LogP contribution in [0.4, 0.5) is 4.79 Å². The van der Waals surface area contributed by atoms with Crippen LogP contribution in [-0.4, -0.2) is 16.0 Å². The Morgan fingerprint density at radius 3 is 2.19 bits per heavy atom. The fourth-order valence-electron chi connectivity index (χ4n) is 2.48. The first-order chi connectivity index (χ1) is 9.92. The molecule has 116 valence electrons. The van der Waals surface area contributed by atoms with Crippen molar-refractivity contribution in [1.82, 2.24) is 5.32 Å². The molecule has 0 spiro atoms. The molecule has 0 aromatic heterocycles. The van der Waals surface area contributed by atoms with Crippen LogP contribution in [0.3, 0.4) is 0 Å². The molecule has 1 aromatic carbocycles. The van der Waals surface area contributed by atoms with Gasteiger partial charge in [0.15, 0.2) is 0 Å². The Morgan fingerprint density at radius 2 is 1.62 bits per heavy atom. The lowest BCUT2D eigenvalue weighted by molar-refractivity contribution is 0.253. The van der Waals surface area contributed by atoms with Crippen LogP contribution in [0.5, 0.6) is 0 Å². The van der Waals surface area contributed by atoms with Crippen LogP contribution in [0.1, 0.15) is 52.9 Å². The third kappa shape index (κ3) is 6.35. The summed E-state index contributed by atoms with van der Waals surface area (Å²) in [6.07, 6.45) is 6.07. The minimum absolute atomic E-state index is 0.0816. The number of carbonyl (C=O) groups excluding carboxylic acids is 1. The van der Waals surface area contributed by atoms with Crippen LogP contribution < -0.4 is 5.32 Å². The van der Waals surface area contributed by atoms with Gasteiger partial charge in [-0.15, -0.1) is 11.8 Å². The van der Waals surface area contributed by atoms with Gasteiger partial charge >= 0.3 is 0 Å². The Balaban J connectivity index is 1.83. The lowest BCUT2D eigenvalue weighted by Gasteiger charge is -2.22. The Bertz CT molecular complexity index is 459. The molecule has 1 amide bonds. The first-order valence-corrected chi connectivity index (χ1v) is 9.33. The SMILES string of the molecule is CC(C)(C)Sc1ccc(SC(=O)NC2CCCCC2)cc1. The molecule has 1 aliphatic rings. The van der Waals surface area contributed by atoms with Crippen LogP contribution in [0, 0.1) is 0 Å². The number of nitrogens with one attached hydrogen (secondary N) is 1. The van der Waals surface area contributed by atoms with E-state index in [9.17, 15) is 4.79 Å². The fraction of sp³-hybridized carbons (Fsp3) is 0.588. The molecule has 1 fully saturated rings. The second kappa shape index (κ2) is 7.59. The molecule has 1 aliphatic carbocycles. The lowest BCUT2D eigenvalue weighted by atomic mass is 9.96. The van der Waals surface area contributed by atoms with Gasteiger partial charge in [0.2, 0.25) is 0 Å². The zero-order valence-electron chi connectivity index (χ0n) is 13.1. The molecule has 0 saturated heterocycles. The van der Waals surface area contributed by atoms with Gasteiger partial charge in [0.05, 0.1) is 0 Å². The average Bonchev–Trinajstić information content (AvgIpc) is 2.40. The Morgan fingerprint density at radius 1 is 1.05 bits per heavy atom. The summed E-state index contributed by atoms with van der Waals surface area (Å²) in [5.41, 5.74) is 0. The van der Waals surface area contributed by atoms with Crippen molar-refractivity contribution in [3.8, 4) is 0 Å². The van der Waals surface area contributed by atoms with E-state index in [1.807, 2.05) is 23.9 Å². The van der Waals surface area contributed by atoms with Crippen molar-refractivity contribution in [1.29, 1.82) is 0 Å². The molecular weight excluding hydrogens is 298 g/mol. The highest BCUT2D eigenvalue weighted by Gasteiger charge is 2.16. The summed E-state index contributed by atoms with van der Waals surface area (Å²) in [7, 11) is 0. The quantitative estimate of drug-likeness (QED) is 0.722. The molecule has 21 heavy (non-hydrogen) atoms. The maximum Gasteiger partial charge on any atom is 0.284 e. The summed E-state index contributed by atoms with van der Waals surface area (Å²) in [5, 5.41) is 3.22. The third-order valence-corrected chi connectivity index (χ3v) is 5.32. The lowest BCUT2D eigenvalue weighted by Crippen LogP contribution is -2.33. The van der Waals surface area contributed by atoms with Gasteiger partial charge in [-0.1, -0.05) is 40.0 Å². The van der Waals surface area contributed by atoms with E-state index in [-0.39, 0.29) is 9.99 Å². The maximum absolute atomic E-state index is 12.0. The number of thioether (sulfide) groups is 2. The molecule has 1 saturated carbocycles. The summed E-state index contributed by atoms with van der Waals surface area (Å²) in [6, 6.07) is 8.67. The van der Waals surface area contributed by atoms with E-state index >= 15 is 0 Å². The predicted molar refractivity (Wildman–Crippen MR) is 93.3 cm³/mol. The smallest absolute Gasteiger partial charge is 0.284 e. The summed E-state index contributed by atoms with van der Waals surface area (Å²) >= 11 is 3.15. The van der Waals surface area contributed by atoms with Gasteiger partial charge in [-0.3, -0.25) is 4.79 Å². The first kappa shape index (κ1) is 16.8. The van der Waals surface area contributed by atoms with Crippen LogP contribution in [0.2, 0.25) is 0 Å². The molecule has 2 rings (SSSR count). The summed E-state index contributed by atoms with van der Waals surface area (Å²) in [6.45, 7) is 6.62. The van der Waals surface area contributed by atoms with Crippen molar-refractivity contribution < 1.29 is 4.79 Å². The maximum atomic E-state index is 12.0. The Hall–Kier alpha value is -0.610. The predicted octanol–water partition coefficient (Wildman–Crippen LogP) is 5.71. The van der Waals surface area contributed by atoms with Crippen molar-refractivity contribution in [3.63, 3.8) is 0 Å². The average molecular weight is 324 g/mol. The number of rotatable bonds is 3. The van der Waals surface area contributed by atoms with Crippen molar-refractivity contribution in [3.05, 3.63) is 24.3 Å². The van der Waals surface area contributed by atoms with Gasteiger partial charge in [-0.2, -0.15) is 0 Å². The Kier molecular flexibility index (Phi) is 6.06. The molecule has 1 aromatic rings. The number of hydrogen-bond acceptors (Lipinski definition) is 3. The highest BCUT2D eigenvalue weighted by molar-refractivity contribution is 8.13. The summed E-state index contributed by atoms with van der Waals surface area (Å²) in [4.78, 5) is 14.3. The molecule has 0 atom stereocenters. The molecule has 0 aliphatic heterocycles. The van der Waals surface area contributed by atoms with Crippen LogP contribution in [-0.2, 0) is 0 Å². The molecule has 0 bridgehead atoms. The van der Waals surface area contributed by atoms with E-state index in [2.05, 4.69) is 38.2 Å². The number of hydrogen-bond donors (Lipinski definition) is 1. The first-order valence-electron chi connectivity index (χ1n) is 7.70. The zero-order chi connectivity index (χ0) is 15.3. The van der Waals surface area contributed by atoms with Gasteiger partial charge in [0.25, 0.3) is 5.24 Å². The molecule has 0 unspecified atom stereocenters. The van der Waals surface area contributed by atoms with Crippen molar-refractivity contribution in [2.75, 3.05) is 0 Å². The molecule has 1 N–H and O–H groups in total. The van der Waals surface area contributed by atoms with Gasteiger partial charge in [0, 0.05) is 20.6 Å². The van der Waals surface area contributed by atoms with Gasteiger partial charge < -0.3 is 5.32 Å². The van der Waals surface area contributed by atoms with Crippen LogP contribution >= 0.6 is 23.5 Å². The van der Waals surface area contributed by atoms with Gasteiger partial charge in [-0.25, -0.2) is 0 Å². The monoisotopic (exact) mass is 323 g/mol. The van der Waals surface area contributed by atoms with Gasteiger partial charge in [-0.05, 0) is 48.9 Å². The van der Waals surface area contributed by atoms with Crippen molar-refractivity contribution in [2.45, 2.75) is 73.5 Å².